The van der Waals surface area contributed by atoms with Gasteiger partial charge >= 0.3 is 5.97 Å². The molecular formula is C11H18N2O3. The van der Waals surface area contributed by atoms with E-state index in [1.807, 2.05) is 11.5 Å². The van der Waals surface area contributed by atoms with E-state index in [0.29, 0.717) is 5.69 Å². The molecule has 0 fully saturated rings. The number of carbonyl (C=O) groups is 1. The molecule has 0 bridgehead atoms. The third kappa shape index (κ3) is 2.61. The molecule has 0 aliphatic carbocycles. The van der Waals surface area contributed by atoms with E-state index in [2.05, 4.69) is 9.72 Å². The molecule has 1 N–H and O–H groups in total. The summed E-state index contributed by atoms with van der Waals surface area (Å²) in [6, 6.07) is 0. The molecule has 0 saturated carbocycles. The van der Waals surface area contributed by atoms with E-state index in [1.165, 1.54) is 7.11 Å². The highest BCUT2D eigenvalue weighted by Gasteiger charge is 2.26. The number of rotatable bonds is 5. The van der Waals surface area contributed by atoms with Gasteiger partial charge in [0.05, 0.1) is 31.2 Å². The molecule has 1 heterocycles. The molecule has 5 heteroatoms. The van der Waals surface area contributed by atoms with E-state index in [1.54, 1.807) is 19.4 Å². The molecule has 2 unspecified atom stereocenters. The highest BCUT2D eigenvalue weighted by molar-refractivity contribution is 5.72. The second-order valence-corrected chi connectivity index (χ2v) is 3.77. The van der Waals surface area contributed by atoms with Crippen molar-refractivity contribution in [1.82, 2.24) is 9.55 Å². The Morgan fingerprint density at radius 1 is 1.69 bits per heavy atom. The first-order valence-corrected chi connectivity index (χ1v) is 5.37. The van der Waals surface area contributed by atoms with Crippen molar-refractivity contribution in [3.05, 3.63) is 18.2 Å². The van der Waals surface area contributed by atoms with Gasteiger partial charge in [0.1, 0.15) is 6.10 Å². The van der Waals surface area contributed by atoms with Gasteiger partial charge in [-0.15, -0.1) is 0 Å². The van der Waals surface area contributed by atoms with E-state index < -0.39 is 18.0 Å². The molecule has 0 radical (unpaired) electrons. The summed E-state index contributed by atoms with van der Waals surface area (Å²) in [5.41, 5.74) is 0.653. The quantitative estimate of drug-likeness (QED) is 0.764. The molecule has 90 valence electrons. The first kappa shape index (κ1) is 12.7. The van der Waals surface area contributed by atoms with Crippen molar-refractivity contribution in [2.45, 2.75) is 32.9 Å². The highest BCUT2D eigenvalue weighted by atomic mass is 16.5. The van der Waals surface area contributed by atoms with Crippen LogP contribution in [0.4, 0.5) is 0 Å². The topological polar surface area (TPSA) is 64.3 Å². The van der Waals surface area contributed by atoms with Gasteiger partial charge in [-0.2, -0.15) is 0 Å². The Balaban J connectivity index is 2.82. The molecule has 0 saturated heterocycles. The summed E-state index contributed by atoms with van der Waals surface area (Å²) in [5.74, 6) is -1.01. The zero-order chi connectivity index (χ0) is 12.1. The van der Waals surface area contributed by atoms with Crippen LogP contribution in [0.1, 0.15) is 32.1 Å². The summed E-state index contributed by atoms with van der Waals surface area (Å²) in [6.07, 6.45) is 3.32. The molecule has 16 heavy (non-hydrogen) atoms. The number of hydrogen-bond acceptors (Lipinski definition) is 4. The lowest BCUT2D eigenvalue weighted by molar-refractivity contribution is -0.148. The van der Waals surface area contributed by atoms with Crippen LogP contribution in [-0.2, 0) is 16.1 Å². The number of aromatic nitrogens is 2. The summed E-state index contributed by atoms with van der Waals surface area (Å²) < 4.78 is 6.45. The number of imidazole rings is 1. The first-order valence-electron chi connectivity index (χ1n) is 5.37. The van der Waals surface area contributed by atoms with Gasteiger partial charge in [-0.3, -0.25) is 4.79 Å². The second kappa shape index (κ2) is 5.65. The lowest BCUT2D eigenvalue weighted by Crippen LogP contribution is -2.22. The molecular weight excluding hydrogens is 208 g/mol. The van der Waals surface area contributed by atoms with Crippen LogP contribution >= 0.6 is 0 Å². The molecule has 0 aromatic carbocycles. The molecule has 2 atom stereocenters. The van der Waals surface area contributed by atoms with Crippen LogP contribution in [-0.4, -0.2) is 27.7 Å². The maximum atomic E-state index is 11.3. The predicted octanol–water partition coefficient (Wildman–Crippen LogP) is 1.14. The third-order valence-corrected chi connectivity index (χ3v) is 2.56. The minimum Gasteiger partial charge on any atom is -0.469 e. The van der Waals surface area contributed by atoms with Gasteiger partial charge in [-0.25, -0.2) is 4.98 Å². The average molecular weight is 226 g/mol. The molecule has 0 spiro atoms. The van der Waals surface area contributed by atoms with Crippen molar-refractivity contribution < 1.29 is 14.6 Å². The summed E-state index contributed by atoms with van der Waals surface area (Å²) in [4.78, 5) is 15.3. The van der Waals surface area contributed by atoms with Gasteiger partial charge in [0.15, 0.2) is 0 Å². The average Bonchev–Trinajstić information content (AvgIpc) is 2.74. The summed E-state index contributed by atoms with van der Waals surface area (Å²) in [7, 11) is 1.31. The number of esters is 1. The van der Waals surface area contributed by atoms with E-state index in [4.69, 9.17) is 0 Å². The van der Waals surface area contributed by atoms with Crippen molar-refractivity contribution in [3.63, 3.8) is 0 Å². The number of aliphatic hydroxyl groups excluding tert-OH is 1. The Labute approximate surface area is 95.1 Å². The van der Waals surface area contributed by atoms with Crippen LogP contribution in [0.5, 0.6) is 0 Å². The van der Waals surface area contributed by atoms with Gasteiger partial charge in [-0.05, 0) is 13.3 Å². The number of methoxy groups -OCH3 is 1. The molecule has 0 aliphatic heterocycles. The van der Waals surface area contributed by atoms with Crippen LogP contribution in [0.15, 0.2) is 12.5 Å². The van der Waals surface area contributed by atoms with Gasteiger partial charge in [-0.1, -0.05) is 6.92 Å². The van der Waals surface area contributed by atoms with Crippen molar-refractivity contribution in [2.24, 2.45) is 5.92 Å². The minimum atomic E-state index is -0.874. The SMILES string of the molecule is CCCn1cncc1C(O)C(C)C(=O)OC. The van der Waals surface area contributed by atoms with Gasteiger partial charge in [0, 0.05) is 6.54 Å². The predicted molar refractivity (Wildman–Crippen MR) is 58.7 cm³/mol. The normalized spacial score (nSPS) is 14.5. The maximum Gasteiger partial charge on any atom is 0.311 e. The lowest BCUT2D eigenvalue weighted by Gasteiger charge is -2.18. The largest absolute Gasteiger partial charge is 0.469 e. The van der Waals surface area contributed by atoms with Crippen LogP contribution in [0.2, 0.25) is 0 Å². The zero-order valence-corrected chi connectivity index (χ0v) is 9.88. The molecule has 1 aromatic rings. The molecule has 5 nitrogen and oxygen atoms in total. The van der Waals surface area contributed by atoms with E-state index in [0.717, 1.165) is 13.0 Å². The Morgan fingerprint density at radius 2 is 2.38 bits per heavy atom. The first-order chi connectivity index (χ1) is 7.61. The van der Waals surface area contributed by atoms with Crippen LogP contribution < -0.4 is 0 Å². The fourth-order valence-corrected chi connectivity index (χ4v) is 1.58. The fourth-order valence-electron chi connectivity index (χ4n) is 1.58. The monoisotopic (exact) mass is 226 g/mol. The fraction of sp³-hybridized carbons (Fsp3) is 0.636. The highest BCUT2D eigenvalue weighted by Crippen LogP contribution is 2.22. The summed E-state index contributed by atoms with van der Waals surface area (Å²) in [5, 5.41) is 10.0. The second-order valence-electron chi connectivity index (χ2n) is 3.77. The van der Waals surface area contributed by atoms with Crippen molar-refractivity contribution in [2.75, 3.05) is 7.11 Å². The maximum absolute atomic E-state index is 11.3. The van der Waals surface area contributed by atoms with Crippen LogP contribution in [0.25, 0.3) is 0 Å². The number of aryl methyl sites for hydroxylation is 1. The molecule has 1 rings (SSSR count). The van der Waals surface area contributed by atoms with Crippen LogP contribution in [0.3, 0.4) is 0 Å². The van der Waals surface area contributed by atoms with Gasteiger partial charge in [0.2, 0.25) is 0 Å². The van der Waals surface area contributed by atoms with E-state index in [9.17, 15) is 9.90 Å². The Morgan fingerprint density at radius 3 is 2.94 bits per heavy atom. The Hall–Kier alpha value is -1.36. The van der Waals surface area contributed by atoms with Crippen molar-refractivity contribution >= 4 is 5.97 Å². The lowest BCUT2D eigenvalue weighted by atomic mass is 10.0. The summed E-state index contributed by atoms with van der Waals surface area (Å²) in [6.45, 7) is 4.46. The smallest absolute Gasteiger partial charge is 0.311 e. The number of nitrogens with zero attached hydrogens (tertiary/aromatic N) is 2. The number of ether oxygens (including phenoxy) is 1. The molecule has 0 aliphatic rings. The van der Waals surface area contributed by atoms with E-state index >= 15 is 0 Å². The Bertz CT molecular complexity index is 349. The van der Waals surface area contributed by atoms with Gasteiger partial charge in [0.25, 0.3) is 0 Å². The number of hydrogen-bond donors (Lipinski definition) is 1. The molecule has 1 aromatic heterocycles. The number of carbonyl (C=O) groups excluding carboxylic acids is 1. The van der Waals surface area contributed by atoms with Crippen LogP contribution in [0, 0.1) is 5.92 Å². The van der Waals surface area contributed by atoms with Crippen molar-refractivity contribution in [1.29, 1.82) is 0 Å². The minimum absolute atomic E-state index is 0.420. The Kier molecular flexibility index (Phi) is 4.49. The number of aliphatic hydroxyl groups is 1. The van der Waals surface area contributed by atoms with E-state index in [-0.39, 0.29) is 0 Å². The summed E-state index contributed by atoms with van der Waals surface area (Å²) >= 11 is 0. The van der Waals surface area contributed by atoms with Crippen molar-refractivity contribution in [3.8, 4) is 0 Å². The zero-order valence-electron chi connectivity index (χ0n) is 9.88. The molecule has 0 amide bonds. The van der Waals surface area contributed by atoms with Gasteiger partial charge < -0.3 is 14.4 Å². The standard InChI is InChI=1S/C11H18N2O3/c1-4-5-13-7-12-6-9(13)10(14)8(2)11(15)16-3/h6-8,10,14H,4-5H2,1-3H3. The third-order valence-electron chi connectivity index (χ3n) is 2.56.